The Labute approximate surface area is 219 Å². The molecule has 1 saturated carbocycles. The van der Waals surface area contributed by atoms with E-state index in [4.69, 9.17) is 0 Å². The molecule has 2 N–H and O–H groups in total. The number of hydrogen-bond acceptors (Lipinski definition) is 4. The smallest absolute Gasteiger partial charge is 0.349 e. The van der Waals surface area contributed by atoms with Crippen LogP contribution in [0.15, 0.2) is 54.9 Å². The Bertz CT molecular complexity index is 1450. The molecule has 5 rings (SSSR count). The first-order valence-electron chi connectivity index (χ1n) is 12.9. The van der Waals surface area contributed by atoms with Crippen LogP contribution in [0.5, 0.6) is 0 Å². The third kappa shape index (κ3) is 5.42. The van der Waals surface area contributed by atoms with E-state index in [1.807, 2.05) is 19.1 Å². The minimum Gasteiger partial charge on any atom is -0.349 e. The lowest BCUT2D eigenvalue weighted by molar-refractivity contribution is -0.138. The van der Waals surface area contributed by atoms with Crippen molar-refractivity contribution >= 4 is 16.9 Å². The molecule has 0 saturated heterocycles. The third-order valence-electron chi connectivity index (χ3n) is 7.50. The molecule has 0 spiro atoms. The van der Waals surface area contributed by atoms with Gasteiger partial charge in [0.15, 0.2) is 5.65 Å². The van der Waals surface area contributed by atoms with Gasteiger partial charge in [0.05, 0.1) is 11.1 Å². The number of rotatable bonds is 4. The largest absolute Gasteiger partial charge is 0.416 e. The van der Waals surface area contributed by atoms with Gasteiger partial charge in [0.2, 0.25) is 0 Å². The number of fused-ring (bicyclic) bond motifs is 1. The van der Waals surface area contributed by atoms with E-state index in [9.17, 15) is 18.0 Å². The number of aromatic nitrogens is 4. The standard InChI is InChI=1S/C29H30F3N5O/c1-17-6-5-9-25(22(11-10-17)21-7-3-4-8-24(21)29(30,31)32)35-28(38)20-15-23-26(36-37-27(23)34-16-20)19-12-13-33-18(2)14-19/h3-4,7-8,12-17,22,25H,5-6,9-11H2,1-2H3,(H,35,38)(H,34,36,37)/t17?,22-,25+/m0/s1. The molecule has 0 bridgehead atoms. The number of pyridine rings is 2. The van der Waals surface area contributed by atoms with E-state index >= 15 is 0 Å². The fraction of sp³-hybridized carbons (Fsp3) is 0.379. The molecule has 1 fully saturated rings. The average Bonchev–Trinajstić information content (AvgIpc) is 3.30. The Morgan fingerprint density at radius 1 is 1.05 bits per heavy atom. The molecule has 3 aromatic heterocycles. The van der Waals surface area contributed by atoms with E-state index in [1.54, 1.807) is 24.4 Å². The van der Waals surface area contributed by atoms with Crippen LogP contribution in [0.25, 0.3) is 22.3 Å². The van der Waals surface area contributed by atoms with Crippen molar-refractivity contribution in [2.24, 2.45) is 5.92 Å². The van der Waals surface area contributed by atoms with Gasteiger partial charge in [-0.25, -0.2) is 4.98 Å². The van der Waals surface area contributed by atoms with Crippen LogP contribution >= 0.6 is 0 Å². The molecule has 1 aromatic carbocycles. The summed E-state index contributed by atoms with van der Waals surface area (Å²) in [6.07, 6.45) is 2.51. The maximum Gasteiger partial charge on any atom is 0.416 e. The van der Waals surface area contributed by atoms with Crippen molar-refractivity contribution in [2.45, 2.75) is 64.1 Å². The van der Waals surface area contributed by atoms with E-state index < -0.39 is 23.7 Å². The highest BCUT2D eigenvalue weighted by molar-refractivity contribution is 6.00. The third-order valence-corrected chi connectivity index (χ3v) is 7.50. The Morgan fingerprint density at radius 2 is 1.87 bits per heavy atom. The zero-order chi connectivity index (χ0) is 26.9. The van der Waals surface area contributed by atoms with E-state index in [1.165, 1.54) is 12.3 Å². The van der Waals surface area contributed by atoms with Crippen LogP contribution in [-0.4, -0.2) is 32.1 Å². The van der Waals surface area contributed by atoms with Gasteiger partial charge in [-0.05, 0) is 55.5 Å². The number of hydrogen-bond donors (Lipinski definition) is 2. The topological polar surface area (TPSA) is 83.6 Å². The molecule has 3 heterocycles. The Balaban J connectivity index is 1.47. The average molecular weight is 522 g/mol. The second kappa shape index (κ2) is 10.6. The van der Waals surface area contributed by atoms with Gasteiger partial charge in [-0.3, -0.25) is 14.9 Å². The Kier molecular flexibility index (Phi) is 7.19. The SMILES string of the molecule is Cc1cc(-c2n[nH]c3ncc(C(=O)N[C@@H]4CCCC(C)CC[C@H]4c4ccccc4C(F)(F)F)cc23)ccn1. The molecule has 0 aliphatic heterocycles. The molecule has 1 amide bonds. The van der Waals surface area contributed by atoms with Crippen molar-refractivity contribution in [1.82, 2.24) is 25.5 Å². The highest BCUT2D eigenvalue weighted by Crippen LogP contribution is 2.40. The normalized spacial score (nSPS) is 20.6. The van der Waals surface area contributed by atoms with Gasteiger partial charge in [0, 0.05) is 41.0 Å². The number of benzene rings is 1. The van der Waals surface area contributed by atoms with Crippen molar-refractivity contribution in [3.05, 3.63) is 77.2 Å². The summed E-state index contributed by atoms with van der Waals surface area (Å²) in [5, 5.41) is 11.1. The predicted octanol–water partition coefficient (Wildman–Crippen LogP) is 6.83. The number of alkyl halides is 3. The molecule has 4 aromatic rings. The molecule has 6 nitrogen and oxygen atoms in total. The number of aromatic amines is 1. The van der Waals surface area contributed by atoms with Crippen LogP contribution in [-0.2, 0) is 6.18 Å². The number of carbonyl (C=O) groups is 1. The number of aryl methyl sites for hydroxylation is 1. The first kappa shape index (κ1) is 25.9. The van der Waals surface area contributed by atoms with Crippen molar-refractivity contribution in [1.29, 1.82) is 0 Å². The van der Waals surface area contributed by atoms with Crippen LogP contribution in [0.2, 0.25) is 0 Å². The van der Waals surface area contributed by atoms with Crippen molar-refractivity contribution < 1.29 is 18.0 Å². The number of halogens is 3. The van der Waals surface area contributed by atoms with Gasteiger partial charge >= 0.3 is 6.18 Å². The number of carbonyl (C=O) groups excluding carboxylic acids is 1. The summed E-state index contributed by atoms with van der Waals surface area (Å²) in [7, 11) is 0. The predicted molar refractivity (Wildman–Crippen MR) is 140 cm³/mol. The summed E-state index contributed by atoms with van der Waals surface area (Å²) in [5.74, 6) is -0.374. The highest BCUT2D eigenvalue weighted by atomic mass is 19.4. The van der Waals surface area contributed by atoms with E-state index in [-0.39, 0.29) is 11.5 Å². The quantitative estimate of drug-likeness (QED) is 0.308. The zero-order valence-corrected chi connectivity index (χ0v) is 21.3. The van der Waals surface area contributed by atoms with Gasteiger partial charge in [0.1, 0.15) is 5.69 Å². The fourth-order valence-electron chi connectivity index (χ4n) is 5.51. The number of amides is 1. The lowest BCUT2D eigenvalue weighted by Gasteiger charge is -2.33. The van der Waals surface area contributed by atoms with E-state index in [2.05, 4.69) is 32.4 Å². The maximum atomic E-state index is 13.9. The fourth-order valence-corrected chi connectivity index (χ4v) is 5.51. The summed E-state index contributed by atoms with van der Waals surface area (Å²) < 4.78 is 41.8. The number of nitrogens with one attached hydrogen (secondary N) is 2. The van der Waals surface area contributed by atoms with Crippen LogP contribution < -0.4 is 5.32 Å². The molecule has 1 unspecified atom stereocenters. The second-order valence-electron chi connectivity index (χ2n) is 10.3. The summed E-state index contributed by atoms with van der Waals surface area (Å²) in [6.45, 7) is 4.03. The lowest BCUT2D eigenvalue weighted by atomic mass is 9.78. The molecule has 1 aliphatic carbocycles. The van der Waals surface area contributed by atoms with Crippen LogP contribution in [0, 0.1) is 12.8 Å². The summed E-state index contributed by atoms with van der Waals surface area (Å²) >= 11 is 0. The summed E-state index contributed by atoms with van der Waals surface area (Å²) in [6, 6.07) is 10.8. The monoisotopic (exact) mass is 521 g/mol. The second-order valence-corrected chi connectivity index (χ2v) is 10.3. The Hall–Kier alpha value is -3.75. The lowest BCUT2D eigenvalue weighted by Crippen LogP contribution is -2.40. The minimum atomic E-state index is -4.46. The van der Waals surface area contributed by atoms with Crippen LogP contribution in [0.1, 0.15) is 72.1 Å². The zero-order valence-electron chi connectivity index (χ0n) is 21.3. The molecule has 198 valence electrons. The first-order valence-corrected chi connectivity index (χ1v) is 12.9. The maximum absolute atomic E-state index is 13.9. The molecular formula is C29H30F3N5O. The van der Waals surface area contributed by atoms with Crippen molar-refractivity contribution in [3.8, 4) is 11.3 Å². The van der Waals surface area contributed by atoms with Gasteiger partial charge in [0.25, 0.3) is 5.91 Å². The van der Waals surface area contributed by atoms with Gasteiger partial charge in [-0.15, -0.1) is 0 Å². The van der Waals surface area contributed by atoms with E-state index in [0.29, 0.717) is 41.1 Å². The number of H-pyrrole nitrogens is 1. The van der Waals surface area contributed by atoms with Crippen molar-refractivity contribution in [3.63, 3.8) is 0 Å². The summed E-state index contributed by atoms with van der Waals surface area (Å²) in [4.78, 5) is 22.1. The molecule has 1 aliphatic rings. The molecule has 0 radical (unpaired) electrons. The molecule has 9 heteroatoms. The minimum absolute atomic E-state index is 0.248. The first-order chi connectivity index (χ1) is 18.2. The van der Waals surface area contributed by atoms with Gasteiger partial charge < -0.3 is 5.32 Å². The van der Waals surface area contributed by atoms with Crippen molar-refractivity contribution in [2.75, 3.05) is 0 Å². The summed E-state index contributed by atoms with van der Waals surface area (Å²) in [5.41, 5.74) is 2.84. The van der Waals surface area contributed by atoms with E-state index in [0.717, 1.165) is 36.6 Å². The van der Waals surface area contributed by atoms with Gasteiger partial charge in [-0.1, -0.05) is 44.4 Å². The van der Waals surface area contributed by atoms with Gasteiger partial charge in [-0.2, -0.15) is 18.3 Å². The molecular weight excluding hydrogens is 491 g/mol. The Morgan fingerprint density at radius 3 is 2.66 bits per heavy atom. The molecule has 3 atom stereocenters. The highest BCUT2D eigenvalue weighted by Gasteiger charge is 2.37. The molecule has 38 heavy (non-hydrogen) atoms. The van der Waals surface area contributed by atoms with Crippen LogP contribution in [0.3, 0.4) is 0 Å². The van der Waals surface area contributed by atoms with Crippen LogP contribution in [0.4, 0.5) is 13.2 Å². The number of nitrogens with zero attached hydrogens (tertiary/aromatic N) is 3.